The normalized spacial score (nSPS) is 18.7. The Morgan fingerprint density at radius 2 is 2.22 bits per heavy atom. The quantitative estimate of drug-likeness (QED) is 0.765. The van der Waals surface area contributed by atoms with Crippen molar-refractivity contribution in [1.29, 1.82) is 0 Å². The van der Waals surface area contributed by atoms with Crippen molar-refractivity contribution in [2.45, 2.75) is 6.92 Å². The summed E-state index contributed by atoms with van der Waals surface area (Å²) in [5.74, 6) is -0.571. The molecule has 1 aliphatic heterocycles. The third-order valence-electron chi connectivity index (χ3n) is 3.08. The highest BCUT2D eigenvalue weighted by Gasteiger charge is 2.26. The predicted molar refractivity (Wildman–Crippen MR) is 68.8 cm³/mol. The van der Waals surface area contributed by atoms with Crippen LogP contribution >= 0.6 is 0 Å². The summed E-state index contributed by atoms with van der Waals surface area (Å²) in [6, 6.07) is 5.21. The van der Waals surface area contributed by atoms with Gasteiger partial charge >= 0.3 is 5.97 Å². The molecule has 1 heterocycles. The Kier molecular flexibility index (Phi) is 3.23. The largest absolute Gasteiger partial charge is 0.465 e. The molecule has 1 aliphatic rings. The molecule has 2 rings (SSSR count). The first-order valence-electron chi connectivity index (χ1n) is 5.78. The molecule has 0 fully saturated rings. The number of hydrogen-bond acceptors (Lipinski definition) is 4. The number of fused-ring (bicyclic) bond motifs is 1. The highest BCUT2D eigenvalue weighted by Crippen LogP contribution is 2.33. The molecule has 5 nitrogen and oxygen atoms in total. The zero-order valence-corrected chi connectivity index (χ0v) is 10.7. The van der Waals surface area contributed by atoms with Crippen molar-refractivity contribution in [2.75, 3.05) is 30.9 Å². The number of benzene rings is 1. The van der Waals surface area contributed by atoms with E-state index >= 15 is 0 Å². The monoisotopic (exact) mass is 248 g/mol. The van der Waals surface area contributed by atoms with Gasteiger partial charge in [0.05, 0.1) is 30.0 Å². The van der Waals surface area contributed by atoms with Crippen molar-refractivity contribution < 1.29 is 14.3 Å². The molecule has 0 bridgehead atoms. The summed E-state index contributed by atoms with van der Waals surface area (Å²) >= 11 is 0. The Hall–Kier alpha value is -2.04. The highest BCUT2D eigenvalue weighted by atomic mass is 16.5. The lowest BCUT2D eigenvalue weighted by molar-refractivity contribution is -0.119. The van der Waals surface area contributed by atoms with Gasteiger partial charge in [0, 0.05) is 13.6 Å². The molecule has 1 atom stereocenters. The van der Waals surface area contributed by atoms with Gasteiger partial charge in [0.15, 0.2) is 0 Å². The highest BCUT2D eigenvalue weighted by molar-refractivity contribution is 6.04. The lowest BCUT2D eigenvalue weighted by Crippen LogP contribution is -2.28. The van der Waals surface area contributed by atoms with Crippen LogP contribution in [0, 0.1) is 5.92 Å². The molecule has 1 aromatic rings. The van der Waals surface area contributed by atoms with E-state index in [0.717, 1.165) is 0 Å². The van der Waals surface area contributed by atoms with E-state index in [2.05, 4.69) is 5.32 Å². The maximum atomic E-state index is 11.8. The van der Waals surface area contributed by atoms with E-state index in [-0.39, 0.29) is 11.8 Å². The topological polar surface area (TPSA) is 58.6 Å². The second-order valence-corrected chi connectivity index (χ2v) is 4.46. The van der Waals surface area contributed by atoms with Crippen LogP contribution in [0.4, 0.5) is 11.4 Å². The van der Waals surface area contributed by atoms with E-state index in [4.69, 9.17) is 4.74 Å². The molecule has 5 heteroatoms. The number of esters is 1. The van der Waals surface area contributed by atoms with Crippen LogP contribution in [-0.2, 0) is 9.53 Å². The molecule has 0 aliphatic carbocycles. The minimum absolute atomic E-state index is 0.0392. The van der Waals surface area contributed by atoms with Gasteiger partial charge in [0.25, 0.3) is 0 Å². The van der Waals surface area contributed by atoms with Gasteiger partial charge < -0.3 is 15.0 Å². The van der Waals surface area contributed by atoms with Crippen molar-refractivity contribution in [3.05, 3.63) is 23.8 Å². The Morgan fingerprint density at radius 1 is 1.50 bits per heavy atom. The molecular formula is C13H16N2O3. The average Bonchev–Trinajstić information content (AvgIpc) is 2.46. The van der Waals surface area contributed by atoms with E-state index < -0.39 is 5.97 Å². The van der Waals surface area contributed by atoms with Crippen LogP contribution in [0.5, 0.6) is 0 Å². The van der Waals surface area contributed by atoms with E-state index in [1.54, 1.807) is 18.2 Å². The maximum absolute atomic E-state index is 11.8. The zero-order valence-electron chi connectivity index (χ0n) is 10.7. The minimum atomic E-state index is -0.400. The first kappa shape index (κ1) is 12.4. The van der Waals surface area contributed by atoms with Crippen LogP contribution in [0.3, 0.4) is 0 Å². The predicted octanol–water partition coefficient (Wildman–Crippen LogP) is 1.50. The molecule has 0 saturated heterocycles. The molecule has 0 aromatic heterocycles. The SMILES string of the molecule is COC(=O)c1cccc2c1N(C)CC(C)C(=O)N2. The summed E-state index contributed by atoms with van der Waals surface area (Å²) in [5, 5.41) is 2.83. The average molecular weight is 248 g/mol. The smallest absolute Gasteiger partial charge is 0.340 e. The number of methoxy groups -OCH3 is 1. The molecule has 1 N–H and O–H groups in total. The minimum Gasteiger partial charge on any atom is -0.465 e. The molecule has 1 unspecified atom stereocenters. The molecular weight excluding hydrogens is 232 g/mol. The second kappa shape index (κ2) is 4.68. The Balaban J connectivity index is 2.54. The first-order chi connectivity index (χ1) is 8.54. The Bertz CT molecular complexity index is 499. The molecule has 0 spiro atoms. The van der Waals surface area contributed by atoms with Crippen molar-refractivity contribution in [3.63, 3.8) is 0 Å². The zero-order chi connectivity index (χ0) is 13.3. The summed E-state index contributed by atoms with van der Waals surface area (Å²) in [6.45, 7) is 2.42. The summed E-state index contributed by atoms with van der Waals surface area (Å²) in [5.41, 5.74) is 1.82. The van der Waals surface area contributed by atoms with Crippen molar-refractivity contribution in [3.8, 4) is 0 Å². The van der Waals surface area contributed by atoms with E-state index in [0.29, 0.717) is 23.5 Å². The van der Waals surface area contributed by atoms with Crippen LogP contribution in [0.2, 0.25) is 0 Å². The lowest BCUT2D eigenvalue weighted by atomic mass is 10.1. The fourth-order valence-corrected chi connectivity index (χ4v) is 2.17. The van der Waals surface area contributed by atoms with Gasteiger partial charge in [-0.1, -0.05) is 13.0 Å². The molecule has 18 heavy (non-hydrogen) atoms. The van der Waals surface area contributed by atoms with Crippen LogP contribution in [0.25, 0.3) is 0 Å². The fourth-order valence-electron chi connectivity index (χ4n) is 2.17. The van der Waals surface area contributed by atoms with Crippen LogP contribution < -0.4 is 10.2 Å². The van der Waals surface area contributed by atoms with E-state index in [9.17, 15) is 9.59 Å². The third-order valence-corrected chi connectivity index (χ3v) is 3.08. The lowest BCUT2D eigenvalue weighted by Gasteiger charge is -2.22. The maximum Gasteiger partial charge on any atom is 0.340 e. The summed E-state index contributed by atoms with van der Waals surface area (Å²) in [7, 11) is 3.21. The molecule has 0 radical (unpaired) electrons. The number of ether oxygens (including phenoxy) is 1. The van der Waals surface area contributed by atoms with Crippen molar-refractivity contribution in [1.82, 2.24) is 0 Å². The van der Waals surface area contributed by atoms with Gasteiger partial charge in [-0.2, -0.15) is 0 Å². The number of para-hydroxylation sites is 1. The molecule has 1 aromatic carbocycles. The van der Waals surface area contributed by atoms with Crippen molar-refractivity contribution in [2.24, 2.45) is 5.92 Å². The molecule has 1 amide bonds. The van der Waals surface area contributed by atoms with E-state index in [1.165, 1.54) is 7.11 Å². The number of carbonyl (C=O) groups is 2. The Morgan fingerprint density at radius 3 is 2.89 bits per heavy atom. The summed E-state index contributed by atoms with van der Waals surface area (Å²) < 4.78 is 4.77. The van der Waals surface area contributed by atoms with Crippen molar-refractivity contribution >= 4 is 23.3 Å². The number of hydrogen-bond donors (Lipinski definition) is 1. The fraction of sp³-hybridized carbons (Fsp3) is 0.385. The molecule has 96 valence electrons. The van der Waals surface area contributed by atoms with E-state index in [1.807, 2.05) is 18.9 Å². The number of amides is 1. The number of carbonyl (C=O) groups excluding carboxylic acids is 2. The van der Waals surface area contributed by atoms with Gasteiger partial charge in [-0.3, -0.25) is 4.79 Å². The number of anilines is 2. The van der Waals surface area contributed by atoms with Crippen LogP contribution in [-0.4, -0.2) is 32.6 Å². The number of nitrogens with zero attached hydrogens (tertiary/aromatic N) is 1. The number of rotatable bonds is 1. The molecule has 0 saturated carbocycles. The van der Waals surface area contributed by atoms with Gasteiger partial charge in [-0.15, -0.1) is 0 Å². The van der Waals surface area contributed by atoms with Gasteiger partial charge in [-0.05, 0) is 12.1 Å². The van der Waals surface area contributed by atoms with Gasteiger partial charge in [0.1, 0.15) is 0 Å². The standard InChI is InChI=1S/C13H16N2O3/c1-8-7-15(2)11-9(13(17)18-3)5-4-6-10(11)14-12(8)16/h4-6,8H,7H2,1-3H3,(H,14,16). The summed E-state index contributed by atoms with van der Waals surface area (Å²) in [4.78, 5) is 25.5. The Labute approximate surface area is 106 Å². The first-order valence-corrected chi connectivity index (χ1v) is 5.78. The van der Waals surface area contributed by atoms with Crippen LogP contribution in [0.1, 0.15) is 17.3 Å². The third kappa shape index (κ3) is 2.03. The second-order valence-electron chi connectivity index (χ2n) is 4.46. The number of nitrogens with one attached hydrogen (secondary N) is 1. The van der Waals surface area contributed by atoms with Gasteiger partial charge in [-0.25, -0.2) is 4.79 Å². The van der Waals surface area contributed by atoms with Crippen LogP contribution in [0.15, 0.2) is 18.2 Å². The van der Waals surface area contributed by atoms with Gasteiger partial charge in [0.2, 0.25) is 5.91 Å². The summed E-state index contributed by atoms with van der Waals surface area (Å²) in [6.07, 6.45) is 0.